The first-order chi connectivity index (χ1) is 15.2. The molecule has 0 atom stereocenters. The van der Waals surface area contributed by atoms with Gasteiger partial charge in [-0.05, 0) is 43.9 Å². The molecule has 1 aliphatic heterocycles. The Labute approximate surface area is 210 Å². The SMILES string of the molecule is CCNC(=NCC1(N2CCOCC2)CCCCC1)NCCc1cccc(C(=O)NC)c1.I. The Kier molecular flexibility index (Phi) is 11.7. The van der Waals surface area contributed by atoms with E-state index >= 15 is 0 Å². The van der Waals surface area contributed by atoms with Crippen LogP contribution in [-0.4, -0.2) is 75.3 Å². The molecule has 2 aliphatic rings. The minimum atomic E-state index is -0.0504. The quantitative estimate of drug-likeness (QED) is 0.261. The number of guanidine groups is 1. The molecule has 1 heterocycles. The highest BCUT2D eigenvalue weighted by molar-refractivity contribution is 14.0. The average molecular weight is 558 g/mol. The van der Waals surface area contributed by atoms with Crippen LogP contribution in [0.3, 0.4) is 0 Å². The van der Waals surface area contributed by atoms with Gasteiger partial charge in [-0.1, -0.05) is 31.4 Å². The van der Waals surface area contributed by atoms with Crippen molar-refractivity contribution in [3.63, 3.8) is 0 Å². The van der Waals surface area contributed by atoms with Crippen molar-refractivity contribution < 1.29 is 9.53 Å². The number of morpholine rings is 1. The summed E-state index contributed by atoms with van der Waals surface area (Å²) in [5, 5.41) is 9.57. The zero-order valence-corrected chi connectivity index (χ0v) is 22.0. The summed E-state index contributed by atoms with van der Waals surface area (Å²) in [4.78, 5) is 19.5. The molecule has 8 heteroatoms. The smallest absolute Gasteiger partial charge is 0.251 e. The van der Waals surface area contributed by atoms with Crippen LogP contribution < -0.4 is 16.0 Å². The van der Waals surface area contributed by atoms with Crippen LogP contribution in [0.15, 0.2) is 29.3 Å². The van der Waals surface area contributed by atoms with E-state index in [1.165, 1.54) is 32.1 Å². The lowest BCUT2D eigenvalue weighted by atomic mass is 9.80. The predicted octanol–water partition coefficient (Wildman–Crippen LogP) is 2.80. The third kappa shape index (κ3) is 7.59. The van der Waals surface area contributed by atoms with Crippen LogP contribution in [0, 0.1) is 0 Å². The third-order valence-corrected chi connectivity index (χ3v) is 6.46. The Hall–Kier alpha value is -1.39. The Bertz CT molecular complexity index is 731. The van der Waals surface area contributed by atoms with Gasteiger partial charge in [-0.3, -0.25) is 14.7 Å². The second kappa shape index (κ2) is 14.0. The zero-order chi connectivity index (χ0) is 21.9. The number of amides is 1. The number of carbonyl (C=O) groups is 1. The van der Waals surface area contributed by atoms with Crippen LogP contribution in [-0.2, 0) is 11.2 Å². The largest absolute Gasteiger partial charge is 0.379 e. The van der Waals surface area contributed by atoms with Gasteiger partial charge in [-0.2, -0.15) is 0 Å². The number of hydrogen-bond acceptors (Lipinski definition) is 4. The summed E-state index contributed by atoms with van der Waals surface area (Å²) in [6.45, 7) is 8.23. The molecular formula is C24H40IN5O2. The number of halogens is 1. The van der Waals surface area contributed by atoms with Crippen molar-refractivity contribution in [2.45, 2.75) is 51.0 Å². The molecule has 0 radical (unpaired) electrons. The molecule has 1 amide bonds. The van der Waals surface area contributed by atoms with E-state index in [2.05, 4.69) is 33.8 Å². The minimum absolute atomic E-state index is 0. The number of nitrogens with zero attached hydrogens (tertiary/aromatic N) is 2. The number of carbonyl (C=O) groups excluding carboxylic acids is 1. The standard InChI is InChI=1S/C24H39N5O2.HI/c1-3-26-23(27-13-10-20-8-7-9-21(18-20)22(30)25-2)28-19-24(11-5-4-6-12-24)29-14-16-31-17-15-29;/h7-9,18H,3-6,10-17,19H2,1-2H3,(H,25,30)(H2,26,27,28);1H. The molecule has 0 spiro atoms. The fourth-order valence-corrected chi connectivity index (χ4v) is 4.73. The molecule has 180 valence electrons. The summed E-state index contributed by atoms with van der Waals surface area (Å²) in [6.07, 6.45) is 7.20. The lowest BCUT2D eigenvalue weighted by Gasteiger charge is -2.47. The normalized spacial score (nSPS) is 19.0. The van der Waals surface area contributed by atoms with E-state index in [4.69, 9.17) is 9.73 Å². The molecule has 32 heavy (non-hydrogen) atoms. The summed E-state index contributed by atoms with van der Waals surface area (Å²) in [6, 6.07) is 7.80. The highest BCUT2D eigenvalue weighted by Gasteiger charge is 2.38. The lowest BCUT2D eigenvalue weighted by Crippen LogP contribution is -2.56. The maximum atomic E-state index is 11.9. The molecule has 0 unspecified atom stereocenters. The van der Waals surface area contributed by atoms with Gasteiger partial charge in [0.1, 0.15) is 0 Å². The minimum Gasteiger partial charge on any atom is -0.379 e. The third-order valence-electron chi connectivity index (χ3n) is 6.46. The maximum absolute atomic E-state index is 11.9. The molecule has 0 bridgehead atoms. The molecular weight excluding hydrogens is 517 g/mol. The lowest BCUT2D eigenvalue weighted by molar-refractivity contribution is -0.0333. The van der Waals surface area contributed by atoms with E-state index in [-0.39, 0.29) is 35.4 Å². The van der Waals surface area contributed by atoms with Gasteiger partial charge in [0.05, 0.1) is 19.8 Å². The molecule has 3 rings (SSSR count). The Morgan fingerprint density at radius 3 is 2.59 bits per heavy atom. The number of aliphatic imine (C=N–C) groups is 1. The summed E-state index contributed by atoms with van der Waals surface area (Å²) in [5.74, 6) is 0.828. The van der Waals surface area contributed by atoms with Crippen molar-refractivity contribution in [1.82, 2.24) is 20.9 Å². The molecule has 3 N–H and O–H groups in total. The summed E-state index contributed by atoms with van der Waals surface area (Å²) >= 11 is 0. The van der Waals surface area contributed by atoms with Gasteiger partial charge in [0.2, 0.25) is 0 Å². The Balaban J connectivity index is 0.00000363. The van der Waals surface area contributed by atoms with Crippen molar-refractivity contribution >= 4 is 35.8 Å². The number of benzene rings is 1. The van der Waals surface area contributed by atoms with E-state index in [1.54, 1.807) is 7.05 Å². The second-order valence-corrected chi connectivity index (χ2v) is 8.54. The summed E-state index contributed by atoms with van der Waals surface area (Å²) in [5.41, 5.74) is 2.01. The summed E-state index contributed by atoms with van der Waals surface area (Å²) < 4.78 is 5.60. The molecule has 1 aliphatic carbocycles. The van der Waals surface area contributed by atoms with Crippen molar-refractivity contribution in [2.24, 2.45) is 4.99 Å². The van der Waals surface area contributed by atoms with Crippen LogP contribution in [0.4, 0.5) is 0 Å². The maximum Gasteiger partial charge on any atom is 0.251 e. The van der Waals surface area contributed by atoms with E-state index < -0.39 is 0 Å². The fourth-order valence-electron chi connectivity index (χ4n) is 4.73. The van der Waals surface area contributed by atoms with Crippen LogP contribution in [0.25, 0.3) is 0 Å². The first-order valence-corrected chi connectivity index (χ1v) is 11.8. The van der Waals surface area contributed by atoms with Gasteiger partial charge < -0.3 is 20.7 Å². The Morgan fingerprint density at radius 1 is 1.16 bits per heavy atom. The van der Waals surface area contributed by atoms with Gasteiger partial charge in [0, 0.05) is 44.3 Å². The second-order valence-electron chi connectivity index (χ2n) is 8.54. The monoisotopic (exact) mass is 557 g/mol. The molecule has 1 aromatic carbocycles. The number of hydrogen-bond donors (Lipinski definition) is 3. The van der Waals surface area contributed by atoms with Crippen molar-refractivity contribution in [2.75, 3.05) is 53.0 Å². The van der Waals surface area contributed by atoms with E-state index in [0.29, 0.717) is 5.56 Å². The predicted molar refractivity (Wildman–Crippen MR) is 141 cm³/mol. The van der Waals surface area contributed by atoms with Gasteiger partial charge in [0.25, 0.3) is 5.91 Å². The van der Waals surface area contributed by atoms with Gasteiger partial charge >= 0.3 is 0 Å². The number of nitrogens with one attached hydrogen (secondary N) is 3. The van der Waals surface area contributed by atoms with Gasteiger partial charge in [-0.15, -0.1) is 24.0 Å². The summed E-state index contributed by atoms with van der Waals surface area (Å²) in [7, 11) is 1.66. The fraction of sp³-hybridized carbons (Fsp3) is 0.667. The first-order valence-electron chi connectivity index (χ1n) is 11.8. The van der Waals surface area contributed by atoms with Gasteiger partial charge in [0.15, 0.2) is 5.96 Å². The van der Waals surface area contributed by atoms with Crippen LogP contribution in [0.2, 0.25) is 0 Å². The Morgan fingerprint density at radius 2 is 1.91 bits per heavy atom. The zero-order valence-electron chi connectivity index (χ0n) is 19.6. The molecule has 2 fully saturated rings. The number of rotatable bonds is 8. The van der Waals surface area contributed by atoms with Crippen molar-refractivity contribution in [1.29, 1.82) is 0 Å². The first kappa shape index (κ1) is 26.9. The van der Waals surface area contributed by atoms with Crippen LogP contribution in [0.5, 0.6) is 0 Å². The number of ether oxygens (including phenoxy) is 1. The highest BCUT2D eigenvalue weighted by Crippen LogP contribution is 2.34. The molecule has 0 aromatic heterocycles. The van der Waals surface area contributed by atoms with E-state index in [9.17, 15) is 4.79 Å². The topological polar surface area (TPSA) is 78.0 Å². The van der Waals surface area contributed by atoms with E-state index in [1.807, 2.05) is 18.2 Å². The highest BCUT2D eigenvalue weighted by atomic mass is 127. The molecule has 1 saturated heterocycles. The molecule has 7 nitrogen and oxygen atoms in total. The molecule has 1 aromatic rings. The van der Waals surface area contributed by atoms with E-state index in [0.717, 1.165) is 63.9 Å². The molecule has 1 saturated carbocycles. The van der Waals surface area contributed by atoms with Crippen LogP contribution in [0.1, 0.15) is 54.9 Å². The van der Waals surface area contributed by atoms with Gasteiger partial charge in [-0.25, -0.2) is 0 Å². The van der Waals surface area contributed by atoms with Crippen LogP contribution >= 0.6 is 24.0 Å². The average Bonchev–Trinajstić information content (AvgIpc) is 2.83. The van der Waals surface area contributed by atoms with Crippen molar-refractivity contribution in [3.8, 4) is 0 Å². The van der Waals surface area contributed by atoms with Crippen molar-refractivity contribution in [3.05, 3.63) is 35.4 Å².